The Balaban J connectivity index is 2.16. The van der Waals surface area contributed by atoms with E-state index in [1.165, 1.54) is 4.68 Å². The molecule has 32 heavy (non-hydrogen) atoms. The molecule has 3 aromatic rings. The third-order valence-electron chi connectivity index (χ3n) is 4.52. The standard InChI is InChI=1S/C24H27Br2N3O3/c1-7-31-20-10-15(18(26)12-21(20)32-14(2)3)13-27-29-22(30)17-11-16(25)8-9-19(17)28-23(29)24(4,5)6/h8-14H,7H2,1-6H3. The van der Waals surface area contributed by atoms with E-state index in [9.17, 15) is 4.79 Å². The molecule has 0 spiro atoms. The molecule has 0 saturated carbocycles. The maximum absolute atomic E-state index is 13.3. The van der Waals surface area contributed by atoms with E-state index in [0.29, 0.717) is 34.8 Å². The van der Waals surface area contributed by atoms with Crippen molar-refractivity contribution in [2.75, 3.05) is 6.61 Å². The van der Waals surface area contributed by atoms with E-state index < -0.39 is 0 Å². The van der Waals surface area contributed by atoms with Crippen LogP contribution in [0.15, 0.2) is 49.2 Å². The van der Waals surface area contributed by atoms with Crippen LogP contribution < -0.4 is 15.0 Å². The Morgan fingerprint density at radius 3 is 2.50 bits per heavy atom. The number of ether oxygens (including phenoxy) is 2. The summed E-state index contributed by atoms with van der Waals surface area (Å²) in [5.74, 6) is 1.85. The van der Waals surface area contributed by atoms with E-state index in [1.54, 1.807) is 12.3 Å². The molecule has 1 heterocycles. The van der Waals surface area contributed by atoms with Gasteiger partial charge in [-0.25, -0.2) is 4.98 Å². The predicted molar refractivity (Wildman–Crippen MR) is 136 cm³/mol. The maximum atomic E-state index is 13.3. The Labute approximate surface area is 204 Å². The van der Waals surface area contributed by atoms with Crippen molar-refractivity contribution in [2.45, 2.75) is 53.1 Å². The second-order valence-corrected chi connectivity index (χ2v) is 10.4. The zero-order valence-electron chi connectivity index (χ0n) is 19.1. The molecule has 0 aliphatic rings. The minimum atomic E-state index is -0.388. The molecule has 0 amide bonds. The number of benzene rings is 2. The van der Waals surface area contributed by atoms with Crippen LogP contribution in [0.1, 0.15) is 52.9 Å². The highest BCUT2D eigenvalue weighted by molar-refractivity contribution is 9.10. The average Bonchev–Trinajstić information content (AvgIpc) is 2.69. The first kappa shape index (κ1) is 24.5. The molecule has 2 aromatic carbocycles. The Morgan fingerprint density at radius 2 is 1.88 bits per heavy atom. The van der Waals surface area contributed by atoms with Crippen LogP contribution in [-0.2, 0) is 5.41 Å². The van der Waals surface area contributed by atoms with Crippen LogP contribution in [0, 0.1) is 0 Å². The minimum absolute atomic E-state index is 0.0107. The van der Waals surface area contributed by atoms with E-state index >= 15 is 0 Å². The fourth-order valence-electron chi connectivity index (χ4n) is 3.13. The van der Waals surface area contributed by atoms with Crippen molar-refractivity contribution in [3.63, 3.8) is 0 Å². The van der Waals surface area contributed by atoms with Crippen LogP contribution in [0.4, 0.5) is 0 Å². The van der Waals surface area contributed by atoms with E-state index in [0.717, 1.165) is 14.5 Å². The van der Waals surface area contributed by atoms with Gasteiger partial charge in [0.1, 0.15) is 5.82 Å². The van der Waals surface area contributed by atoms with Gasteiger partial charge in [-0.2, -0.15) is 9.78 Å². The number of hydrogen-bond acceptors (Lipinski definition) is 5. The van der Waals surface area contributed by atoms with E-state index in [-0.39, 0.29) is 17.1 Å². The molecular weight excluding hydrogens is 538 g/mol. The van der Waals surface area contributed by atoms with Gasteiger partial charge < -0.3 is 9.47 Å². The van der Waals surface area contributed by atoms with Gasteiger partial charge in [-0.3, -0.25) is 4.79 Å². The molecular formula is C24H27Br2N3O3. The molecule has 0 saturated heterocycles. The highest BCUT2D eigenvalue weighted by atomic mass is 79.9. The molecule has 1 aromatic heterocycles. The molecule has 0 aliphatic heterocycles. The van der Waals surface area contributed by atoms with Crippen molar-refractivity contribution in [1.29, 1.82) is 0 Å². The molecule has 6 nitrogen and oxygen atoms in total. The van der Waals surface area contributed by atoms with Gasteiger partial charge in [0, 0.05) is 19.9 Å². The number of aromatic nitrogens is 2. The molecule has 0 bridgehead atoms. The van der Waals surface area contributed by atoms with Gasteiger partial charge in [0.25, 0.3) is 5.56 Å². The Kier molecular flexibility index (Phi) is 7.45. The quantitative estimate of drug-likeness (QED) is 0.330. The van der Waals surface area contributed by atoms with Crippen molar-refractivity contribution in [1.82, 2.24) is 9.66 Å². The summed E-state index contributed by atoms with van der Waals surface area (Å²) >= 11 is 7.02. The third kappa shape index (κ3) is 5.41. The van der Waals surface area contributed by atoms with Gasteiger partial charge in [0.2, 0.25) is 0 Å². The van der Waals surface area contributed by atoms with E-state index in [2.05, 4.69) is 37.0 Å². The average molecular weight is 565 g/mol. The molecule has 8 heteroatoms. The summed E-state index contributed by atoms with van der Waals surface area (Å²) in [6.07, 6.45) is 1.64. The Bertz CT molecular complexity index is 1230. The second-order valence-electron chi connectivity index (χ2n) is 8.63. The van der Waals surface area contributed by atoms with Gasteiger partial charge in [-0.1, -0.05) is 36.7 Å². The number of fused-ring (bicyclic) bond motifs is 1. The topological polar surface area (TPSA) is 65.7 Å². The lowest BCUT2D eigenvalue weighted by molar-refractivity contribution is 0.223. The highest BCUT2D eigenvalue weighted by Gasteiger charge is 2.23. The largest absolute Gasteiger partial charge is 0.490 e. The Morgan fingerprint density at radius 1 is 1.16 bits per heavy atom. The summed E-state index contributed by atoms with van der Waals surface area (Å²) in [5.41, 5.74) is 0.786. The first-order chi connectivity index (χ1) is 15.0. The highest BCUT2D eigenvalue weighted by Crippen LogP contribution is 2.34. The van der Waals surface area contributed by atoms with Crippen LogP contribution in [-0.4, -0.2) is 28.6 Å². The van der Waals surface area contributed by atoms with Crippen LogP contribution >= 0.6 is 31.9 Å². The fraction of sp³-hybridized carbons (Fsp3) is 0.375. The molecule has 0 radical (unpaired) electrons. The molecule has 170 valence electrons. The molecule has 0 aliphatic carbocycles. The first-order valence-corrected chi connectivity index (χ1v) is 12.0. The van der Waals surface area contributed by atoms with Gasteiger partial charge >= 0.3 is 0 Å². The van der Waals surface area contributed by atoms with Crippen molar-refractivity contribution >= 4 is 49.0 Å². The predicted octanol–water partition coefficient (Wildman–Crippen LogP) is 6.29. The zero-order chi connectivity index (χ0) is 23.6. The first-order valence-electron chi connectivity index (χ1n) is 10.4. The third-order valence-corrected chi connectivity index (χ3v) is 5.70. The Hall–Kier alpha value is -2.19. The van der Waals surface area contributed by atoms with Crippen molar-refractivity contribution in [3.8, 4) is 11.5 Å². The number of halogens is 2. The smallest absolute Gasteiger partial charge is 0.282 e. The summed E-state index contributed by atoms with van der Waals surface area (Å²) in [5, 5.41) is 5.05. The summed E-state index contributed by atoms with van der Waals surface area (Å²) < 4.78 is 14.6. The molecule has 0 N–H and O–H groups in total. The minimum Gasteiger partial charge on any atom is -0.490 e. The van der Waals surface area contributed by atoms with Gasteiger partial charge in [-0.05, 0) is 67.0 Å². The number of nitrogens with zero attached hydrogens (tertiary/aromatic N) is 3. The molecule has 0 fully saturated rings. The van der Waals surface area contributed by atoms with Crippen LogP contribution in [0.25, 0.3) is 10.9 Å². The lowest BCUT2D eigenvalue weighted by Gasteiger charge is -2.21. The van der Waals surface area contributed by atoms with E-state index in [4.69, 9.17) is 14.5 Å². The summed E-state index contributed by atoms with van der Waals surface area (Å²) in [7, 11) is 0. The molecule has 0 atom stereocenters. The fourth-order valence-corrected chi connectivity index (χ4v) is 3.91. The summed E-state index contributed by atoms with van der Waals surface area (Å²) in [6, 6.07) is 9.19. The second kappa shape index (κ2) is 9.75. The maximum Gasteiger partial charge on any atom is 0.282 e. The van der Waals surface area contributed by atoms with Gasteiger partial charge in [0.15, 0.2) is 11.5 Å². The monoisotopic (exact) mass is 563 g/mol. The lowest BCUT2D eigenvalue weighted by Crippen LogP contribution is -2.29. The molecule has 0 unspecified atom stereocenters. The summed E-state index contributed by atoms with van der Waals surface area (Å²) in [4.78, 5) is 18.1. The molecule has 3 rings (SSSR count). The van der Waals surface area contributed by atoms with Crippen LogP contribution in [0.2, 0.25) is 0 Å². The van der Waals surface area contributed by atoms with Crippen molar-refractivity contribution in [3.05, 3.63) is 61.0 Å². The normalized spacial score (nSPS) is 12.2. The van der Waals surface area contributed by atoms with Gasteiger partial charge in [-0.15, -0.1) is 0 Å². The van der Waals surface area contributed by atoms with Crippen LogP contribution in [0.5, 0.6) is 11.5 Å². The lowest BCUT2D eigenvalue weighted by atomic mass is 9.95. The van der Waals surface area contributed by atoms with Gasteiger partial charge in [0.05, 0.1) is 29.8 Å². The number of rotatable bonds is 6. The van der Waals surface area contributed by atoms with Crippen LogP contribution in [0.3, 0.4) is 0 Å². The van der Waals surface area contributed by atoms with E-state index in [1.807, 2.05) is 65.8 Å². The summed E-state index contributed by atoms with van der Waals surface area (Å²) in [6.45, 7) is 12.4. The zero-order valence-corrected chi connectivity index (χ0v) is 22.2. The van der Waals surface area contributed by atoms with Crippen molar-refractivity contribution < 1.29 is 9.47 Å². The van der Waals surface area contributed by atoms with Crippen molar-refractivity contribution in [2.24, 2.45) is 5.10 Å². The number of hydrogen-bond donors (Lipinski definition) is 0. The SMILES string of the molecule is CCOc1cc(C=Nn2c(C(C)(C)C)nc3ccc(Br)cc3c2=O)c(Br)cc1OC(C)C.